The Hall–Kier alpha value is -2.56. The number of hydrogen-bond donors (Lipinski definition) is 2. The molecule has 0 bridgehead atoms. The van der Waals surface area contributed by atoms with Gasteiger partial charge in [0.25, 0.3) is 0 Å². The van der Waals surface area contributed by atoms with Crippen molar-refractivity contribution in [1.82, 2.24) is 19.7 Å². The first kappa shape index (κ1) is 10.6. The predicted octanol–water partition coefficient (Wildman–Crippen LogP) is 2.21. The number of H-pyrrole nitrogens is 1. The maximum absolute atomic E-state index is 4.19. The van der Waals surface area contributed by atoms with Gasteiger partial charge in [0.1, 0.15) is 0 Å². The van der Waals surface area contributed by atoms with E-state index in [1.54, 1.807) is 12.5 Å². The summed E-state index contributed by atoms with van der Waals surface area (Å²) in [6, 6.07) is 10.0. The molecule has 1 aromatic carbocycles. The third kappa shape index (κ3) is 2.24. The van der Waals surface area contributed by atoms with Crippen molar-refractivity contribution >= 4 is 5.69 Å². The minimum Gasteiger partial charge on any atom is -0.379 e. The Morgan fingerprint density at radius 2 is 2.11 bits per heavy atom. The van der Waals surface area contributed by atoms with Gasteiger partial charge < -0.3 is 10.3 Å². The molecule has 2 aromatic heterocycles. The van der Waals surface area contributed by atoms with Crippen molar-refractivity contribution in [3.63, 3.8) is 0 Å². The topological polar surface area (TPSA) is 58.5 Å². The average Bonchev–Trinajstić information content (AvgIpc) is 3.10. The monoisotopic (exact) mass is 239 g/mol. The van der Waals surface area contributed by atoms with E-state index in [2.05, 4.69) is 20.4 Å². The van der Waals surface area contributed by atoms with E-state index in [0.29, 0.717) is 0 Å². The van der Waals surface area contributed by atoms with Crippen LogP contribution >= 0.6 is 0 Å². The fourth-order valence-electron chi connectivity index (χ4n) is 1.73. The van der Waals surface area contributed by atoms with E-state index in [4.69, 9.17) is 0 Å². The number of aromatic amines is 1. The summed E-state index contributed by atoms with van der Waals surface area (Å²) in [5, 5.41) is 7.50. The lowest BCUT2D eigenvalue weighted by Crippen LogP contribution is -2.00. The minimum atomic E-state index is 0.737. The maximum atomic E-state index is 4.19. The third-order valence-corrected chi connectivity index (χ3v) is 2.67. The largest absolute Gasteiger partial charge is 0.379 e. The van der Waals surface area contributed by atoms with Crippen LogP contribution in [0.1, 0.15) is 5.69 Å². The highest BCUT2D eigenvalue weighted by Gasteiger charge is 1.97. The summed E-state index contributed by atoms with van der Waals surface area (Å²) in [6.45, 7) is 0.737. The number of hydrogen-bond acceptors (Lipinski definition) is 3. The highest BCUT2D eigenvalue weighted by molar-refractivity contribution is 5.48. The first-order valence-corrected chi connectivity index (χ1v) is 5.73. The molecule has 0 unspecified atom stereocenters. The van der Waals surface area contributed by atoms with E-state index < -0.39 is 0 Å². The normalized spacial score (nSPS) is 10.4. The summed E-state index contributed by atoms with van der Waals surface area (Å²) in [7, 11) is 0. The number of aromatic nitrogens is 4. The zero-order chi connectivity index (χ0) is 12.2. The smallest absolute Gasteiger partial charge is 0.0922 e. The van der Waals surface area contributed by atoms with Crippen LogP contribution in [-0.2, 0) is 6.54 Å². The van der Waals surface area contributed by atoms with Crippen LogP contribution in [-0.4, -0.2) is 19.7 Å². The van der Waals surface area contributed by atoms with Crippen molar-refractivity contribution in [2.45, 2.75) is 6.54 Å². The van der Waals surface area contributed by atoms with E-state index in [9.17, 15) is 0 Å². The summed E-state index contributed by atoms with van der Waals surface area (Å²) in [4.78, 5) is 7.03. The van der Waals surface area contributed by atoms with E-state index in [1.807, 2.05) is 47.4 Å². The molecule has 3 rings (SSSR count). The Balaban J connectivity index is 1.68. The van der Waals surface area contributed by atoms with Crippen molar-refractivity contribution in [3.05, 3.63) is 60.9 Å². The second kappa shape index (κ2) is 4.75. The molecule has 2 N–H and O–H groups in total. The van der Waals surface area contributed by atoms with Gasteiger partial charge in [-0.25, -0.2) is 9.67 Å². The summed E-state index contributed by atoms with van der Waals surface area (Å²) < 4.78 is 1.83. The molecule has 0 aliphatic carbocycles. The first-order chi connectivity index (χ1) is 8.92. The van der Waals surface area contributed by atoms with Gasteiger partial charge in [0.05, 0.1) is 24.3 Å². The lowest BCUT2D eigenvalue weighted by atomic mass is 10.3. The summed E-state index contributed by atoms with van der Waals surface area (Å²) in [5.74, 6) is 0. The molecule has 5 heteroatoms. The molecule has 0 saturated carbocycles. The standard InChI is InChI=1S/C13H13N5/c1-6-17-18(7-1)13-4-2-11(3-5-13)15-9-12-8-14-10-16-12/h1-8,10,15H,9H2,(H,14,16). The zero-order valence-corrected chi connectivity index (χ0v) is 9.74. The van der Waals surface area contributed by atoms with Crippen molar-refractivity contribution in [3.8, 4) is 5.69 Å². The SMILES string of the molecule is c1cnn(-c2ccc(NCc3cnc[nH]3)cc2)c1. The van der Waals surface area contributed by atoms with E-state index in [0.717, 1.165) is 23.6 Å². The number of nitrogens with one attached hydrogen (secondary N) is 2. The van der Waals surface area contributed by atoms with Gasteiger partial charge in [0, 0.05) is 24.3 Å². The third-order valence-electron chi connectivity index (χ3n) is 2.67. The molecule has 0 aliphatic heterocycles. The molecule has 0 atom stereocenters. The first-order valence-electron chi connectivity index (χ1n) is 5.73. The molecular weight excluding hydrogens is 226 g/mol. The summed E-state index contributed by atoms with van der Waals surface area (Å²) >= 11 is 0. The highest BCUT2D eigenvalue weighted by Crippen LogP contribution is 2.13. The second-order valence-corrected chi connectivity index (χ2v) is 3.93. The average molecular weight is 239 g/mol. The van der Waals surface area contributed by atoms with Gasteiger partial charge in [0.2, 0.25) is 0 Å². The molecule has 0 radical (unpaired) electrons. The van der Waals surface area contributed by atoms with E-state index in [1.165, 1.54) is 0 Å². The Morgan fingerprint density at radius 3 is 2.78 bits per heavy atom. The lowest BCUT2D eigenvalue weighted by Gasteiger charge is -2.06. The van der Waals surface area contributed by atoms with Crippen LogP contribution in [0, 0.1) is 0 Å². The molecule has 90 valence electrons. The Labute approximate surface area is 104 Å². The molecule has 0 fully saturated rings. The second-order valence-electron chi connectivity index (χ2n) is 3.93. The number of rotatable bonds is 4. The van der Waals surface area contributed by atoms with E-state index in [-0.39, 0.29) is 0 Å². The van der Waals surface area contributed by atoms with Crippen molar-refractivity contribution in [2.24, 2.45) is 0 Å². The molecule has 0 aliphatic rings. The molecule has 18 heavy (non-hydrogen) atoms. The Kier molecular flexibility index (Phi) is 2.79. The van der Waals surface area contributed by atoms with Gasteiger partial charge in [-0.15, -0.1) is 0 Å². The molecule has 0 amide bonds. The van der Waals surface area contributed by atoms with Crippen LogP contribution in [0.3, 0.4) is 0 Å². The molecule has 3 aromatic rings. The lowest BCUT2D eigenvalue weighted by molar-refractivity contribution is 0.880. The van der Waals surface area contributed by atoms with Crippen molar-refractivity contribution in [1.29, 1.82) is 0 Å². The fourth-order valence-corrected chi connectivity index (χ4v) is 1.73. The van der Waals surface area contributed by atoms with Crippen LogP contribution in [0.4, 0.5) is 5.69 Å². The van der Waals surface area contributed by atoms with E-state index >= 15 is 0 Å². The molecule has 0 saturated heterocycles. The summed E-state index contributed by atoms with van der Waals surface area (Å²) in [6.07, 6.45) is 7.18. The molecular formula is C13H13N5. The van der Waals surface area contributed by atoms with Crippen molar-refractivity contribution < 1.29 is 0 Å². The molecule has 0 spiro atoms. The Bertz CT molecular complexity index is 581. The van der Waals surface area contributed by atoms with Crippen LogP contribution in [0.5, 0.6) is 0 Å². The fraction of sp³-hybridized carbons (Fsp3) is 0.0769. The maximum Gasteiger partial charge on any atom is 0.0922 e. The van der Waals surface area contributed by atoms with Crippen LogP contribution in [0.2, 0.25) is 0 Å². The van der Waals surface area contributed by atoms with Gasteiger partial charge in [-0.1, -0.05) is 0 Å². The number of anilines is 1. The predicted molar refractivity (Wildman–Crippen MR) is 69.5 cm³/mol. The number of benzene rings is 1. The van der Waals surface area contributed by atoms with Gasteiger partial charge in [-0.2, -0.15) is 5.10 Å². The van der Waals surface area contributed by atoms with Gasteiger partial charge in [-0.05, 0) is 30.3 Å². The summed E-state index contributed by atoms with van der Waals surface area (Å²) in [5.41, 5.74) is 3.18. The van der Waals surface area contributed by atoms with Crippen LogP contribution < -0.4 is 5.32 Å². The minimum absolute atomic E-state index is 0.737. The quantitative estimate of drug-likeness (QED) is 0.733. The molecule has 2 heterocycles. The number of imidazole rings is 1. The van der Waals surface area contributed by atoms with Crippen LogP contribution in [0.25, 0.3) is 5.69 Å². The van der Waals surface area contributed by atoms with Gasteiger partial charge >= 0.3 is 0 Å². The van der Waals surface area contributed by atoms with Gasteiger partial charge in [-0.3, -0.25) is 0 Å². The number of nitrogens with zero attached hydrogens (tertiary/aromatic N) is 3. The van der Waals surface area contributed by atoms with Gasteiger partial charge in [0.15, 0.2) is 0 Å². The highest BCUT2D eigenvalue weighted by atomic mass is 15.3. The molecule has 5 nitrogen and oxygen atoms in total. The van der Waals surface area contributed by atoms with Crippen molar-refractivity contribution in [2.75, 3.05) is 5.32 Å². The Morgan fingerprint density at radius 1 is 1.22 bits per heavy atom. The van der Waals surface area contributed by atoms with Crippen LogP contribution in [0.15, 0.2) is 55.2 Å². The zero-order valence-electron chi connectivity index (χ0n) is 9.74.